The molecule has 86 valence electrons. The van der Waals surface area contributed by atoms with E-state index >= 15 is 0 Å². The van der Waals surface area contributed by atoms with Gasteiger partial charge in [-0.1, -0.05) is 11.6 Å². The van der Waals surface area contributed by atoms with Crippen LogP contribution in [0.3, 0.4) is 0 Å². The molecule has 1 aliphatic rings. The van der Waals surface area contributed by atoms with Crippen LogP contribution >= 0.6 is 11.6 Å². The first kappa shape index (κ1) is 11.2. The number of halogens is 1. The summed E-state index contributed by atoms with van der Waals surface area (Å²) in [5.74, 6) is 0.624. The Morgan fingerprint density at radius 2 is 2.38 bits per heavy atom. The molecule has 3 N–H and O–H groups in total. The maximum Gasteiger partial charge on any atom is 0.224 e. The van der Waals surface area contributed by atoms with E-state index in [1.807, 2.05) is 0 Å². The highest BCUT2D eigenvalue weighted by atomic mass is 35.5. The molecule has 2 rings (SSSR count). The van der Waals surface area contributed by atoms with Crippen molar-refractivity contribution in [3.63, 3.8) is 0 Å². The van der Waals surface area contributed by atoms with Gasteiger partial charge in [0, 0.05) is 6.54 Å². The summed E-state index contributed by atoms with van der Waals surface area (Å²) in [6, 6.07) is 0. The third kappa shape index (κ3) is 2.85. The number of nitrogens with zero attached hydrogens (tertiary/aromatic N) is 2. The average molecular weight is 239 g/mol. The Morgan fingerprint density at radius 3 is 3.12 bits per heavy atom. The van der Waals surface area contributed by atoms with Crippen LogP contribution in [0.1, 0.15) is 25.7 Å². The highest BCUT2D eigenvalue weighted by Crippen LogP contribution is 2.21. The van der Waals surface area contributed by atoms with Gasteiger partial charge in [0.05, 0.1) is 11.9 Å². The first-order valence-electron chi connectivity index (χ1n) is 5.45. The van der Waals surface area contributed by atoms with E-state index in [-0.39, 0.29) is 5.28 Å². The number of allylic oxidation sites excluding steroid dienone is 1. The molecule has 1 aromatic rings. The third-order valence-corrected chi connectivity index (χ3v) is 2.84. The number of nitrogen functional groups attached to an aromatic ring is 1. The van der Waals surface area contributed by atoms with E-state index in [4.69, 9.17) is 17.3 Å². The molecule has 0 amide bonds. The van der Waals surface area contributed by atoms with E-state index in [1.165, 1.54) is 31.0 Å². The molecule has 0 aliphatic heterocycles. The molecule has 0 atom stereocenters. The largest absolute Gasteiger partial charge is 0.394 e. The van der Waals surface area contributed by atoms with Crippen molar-refractivity contribution in [2.24, 2.45) is 0 Å². The van der Waals surface area contributed by atoms with Crippen LogP contribution in [-0.2, 0) is 0 Å². The van der Waals surface area contributed by atoms with Crippen LogP contribution in [0.25, 0.3) is 0 Å². The lowest BCUT2D eigenvalue weighted by Crippen LogP contribution is -2.07. The minimum Gasteiger partial charge on any atom is -0.394 e. The molecule has 0 saturated carbocycles. The Bertz CT molecular complexity index is 403. The first-order chi connectivity index (χ1) is 7.75. The van der Waals surface area contributed by atoms with E-state index in [2.05, 4.69) is 21.4 Å². The van der Waals surface area contributed by atoms with Gasteiger partial charge in [0.1, 0.15) is 0 Å². The highest BCUT2D eigenvalue weighted by Gasteiger charge is 2.05. The maximum atomic E-state index is 5.72. The summed E-state index contributed by atoms with van der Waals surface area (Å²) in [6.07, 6.45) is 8.61. The van der Waals surface area contributed by atoms with Crippen molar-refractivity contribution in [3.8, 4) is 0 Å². The minimum atomic E-state index is 0.219. The van der Waals surface area contributed by atoms with Crippen molar-refractivity contribution in [1.82, 2.24) is 9.97 Å². The molecular weight excluding hydrogens is 224 g/mol. The van der Waals surface area contributed by atoms with Gasteiger partial charge in [0.15, 0.2) is 5.82 Å². The van der Waals surface area contributed by atoms with Gasteiger partial charge in [-0.25, -0.2) is 4.98 Å². The molecule has 0 spiro atoms. The van der Waals surface area contributed by atoms with Gasteiger partial charge in [-0.2, -0.15) is 4.98 Å². The van der Waals surface area contributed by atoms with Crippen LogP contribution in [0.4, 0.5) is 11.5 Å². The van der Waals surface area contributed by atoms with Crippen LogP contribution in [0.2, 0.25) is 5.28 Å². The Kier molecular flexibility index (Phi) is 3.62. The van der Waals surface area contributed by atoms with Crippen molar-refractivity contribution in [2.45, 2.75) is 25.7 Å². The van der Waals surface area contributed by atoms with Crippen LogP contribution in [0, 0.1) is 0 Å². The van der Waals surface area contributed by atoms with Gasteiger partial charge in [-0.3, -0.25) is 0 Å². The first-order valence-corrected chi connectivity index (χ1v) is 5.83. The molecule has 0 unspecified atom stereocenters. The lowest BCUT2D eigenvalue weighted by Gasteiger charge is -2.08. The molecule has 0 fully saturated rings. The van der Waals surface area contributed by atoms with Crippen LogP contribution in [0.5, 0.6) is 0 Å². The van der Waals surface area contributed by atoms with Crippen molar-refractivity contribution in [1.29, 1.82) is 0 Å². The van der Waals surface area contributed by atoms with Gasteiger partial charge >= 0.3 is 0 Å². The Hall–Kier alpha value is -1.29. The number of anilines is 2. The smallest absolute Gasteiger partial charge is 0.224 e. The summed E-state index contributed by atoms with van der Waals surface area (Å²) >= 11 is 5.69. The van der Waals surface area contributed by atoms with Crippen LogP contribution in [-0.4, -0.2) is 16.5 Å². The van der Waals surface area contributed by atoms with Crippen molar-refractivity contribution < 1.29 is 0 Å². The monoisotopic (exact) mass is 238 g/mol. The molecular formula is C11H15ClN4. The molecule has 16 heavy (non-hydrogen) atoms. The third-order valence-electron chi connectivity index (χ3n) is 2.66. The zero-order valence-corrected chi connectivity index (χ0v) is 9.80. The Morgan fingerprint density at radius 1 is 1.50 bits per heavy atom. The summed E-state index contributed by atoms with van der Waals surface area (Å²) in [4.78, 5) is 7.84. The van der Waals surface area contributed by atoms with E-state index in [0.29, 0.717) is 11.5 Å². The maximum absolute atomic E-state index is 5.72. The van der Waals surface area contributed by atoms with Gasteiger partial charge in [0.2, 0.25) is 5.28 Å². The topological polar surface area (TPSA) is 63.8 Å². The van der Waals surface area contributed by atoms with Crippen LogP contribution < -0.4 is 11.1 Å². The standard InChI is InChI=1S/C11H15ClN4/c12-11-15-7-9(13)10(16-11)14-6-5-8-3-1-2-4-8/h3,7H,1-2,4-6,13H2,(H,14,15,16). The fourth-order valence-electron chi connectivity index (χ4n) is 1.82. The van der Waals surface area contributed by atoms with Gasteiger partial charge < -0.3 is 11.1 Å². The molecule has 0 radical (unpaired) electrons. The molecule has 0 aromatic carbocycles. The van der Waals surface area contributed by atoms with Crippen molar-refractivity contribution in [3.05, 3.63) is 23.1 Å². The number of nitrogens with one attached hydrogen (secondary N) is 1. The summed E-state index contributed by atoms with van der Waals surface area (Å²) in [6.45, 7) is 0.837. The van der Waals surface area contributed by atoms with E-state index in [9.17, 15) is 0 Å². The molecule has 0 bridgehead atoms. The number of aromatic nitrogens is 2. The molecule has 5 heteroatoms. The second kappa shape index (κ2) is 5.16. The Balaban J connectivity index is 1.86. The van der Waals surface area contributed by atoms with Gasteiger partial charge in [0.25, 0.3) is 0 Å². The minimum absolute atomic E-state index is 0.219. The fourth-order valence-corrected chi connectivity index (χ4v) is 1.95. The van der Waals surface area contributed by atoms with Crippen molar-refractivity contribution in [2.75, 3.05) is 17.6 Å². The van der Waals surface area contributed by atoms with Gasteiger partial charge in [-0.15, -0.1) is 0 Å². The summed E-state index contributed by atoms with van der Waals surface area (Å²) in [5, 5.41) is 3.40. The second-order valence-electron chi connectivity index (χ2n) is 3.87. The molecule has 4 nitrogen and oxygen atoms in total. The number of hydrogen-bond acceptors (Lipinski definition) is 4. The molecule has 0 saturated heterocycles. The zero-order valence-electron chi connectivity index (χ0n) is 9.04. The highest BCUT2D eigenvalue weighted by molar-refractivity contribution is 6.28. The number of nitrogens with two attached hydrogens (primary N) is 1. The van der Waals surface area contributed by atoms with Crippen LogP contribution in [0.15, 0.2) is 17.8 Å². The molecule has 1 aromatic heterocycles. The average Bonchev–Trinajstić information content (AvgIpc) is 2.76. The number of hydrogen-bond donors (Lipinski definition) is 2. The summed E-state index contributed by atoms with van der Waals surface area (Å²) < 4.78 is 0. The van der Waals surface area contributed by atoms with E-state index in [0.717, 1.165) is 13.0 Å². The second-order valence-corrected chi connectivity index (χ2v) is 4.21. The fraction of sp³-hybridized carbons (Fsp3) is 0.455. The number of rotatable bonds is 4. The zero-order chi connectivity index (χ0) is 11.4. The quantitative estimate of drug-likeness (QED) is 0.625. The predicted molar refractivity (Wildman–Crippen MR) is 66.5 cm³/mol. The summed E-state index contributed by atoms with van der Waals surface area (Å²) in [5.41, 5.74) is 7.77. The lowest BCUT2D eigenvalue weighted by atomic mass is 10.2. The SMILES string of the molecule is Nc1cnc(Cl)nc1NCCC1=CCCC1. The van der Waals surface area contributed by atoms with E-state index in [1.54, 1.807) is 0 Å². The Labute approximate surface area is 99.9 Å². The van der Waals surface area contributed by atoms with Gasteiger partial charge in [-0.05, 0) is 37.3 Å². The van der Waals surface area contributed by atoms with E-state index < -0.39 is 0 Å². The normalized spacial score (nSPS) is 14.9. The summed E-state index contributed by atoms with van der Waals surface area (Å²) in [7, 11) is 0. The predicted octanol–water partition coefficient (Wildman–Crippen LogP) is 2.62. The lowest BCUT2D eigenvalue weighted by molar-refractivity contribution is 0.861. The molecule has 1 heterocycles. The van der Waals surface area contributed by atoms with Crippen molar-refractivity contribution >= 4 is 23.1 Å². The molecule has 1 aliphatic carbocycles.